The van der Waals surface area contributed by atoms with Gasteiger partial charge in [-0.15, -0.1) is 0 Å². The van der Waals surface area contributed by atoms with E-state index in [1.165, 1.54) is 0 Å². The maximum absolute atomic E-state index is 11.2. The van der Waals surface area contributed by atoms with E-state index in [0.29, 0.717) is 6.54 Å². The standard InChI is InChI=1S/C8H13ClN6O/c1-2-3-11-5(16)4-12-8-14-6(9)13-7(10)15-8/h2-4H2,1H3,(H,11,16)(H3,10,12,13,14,15). The lowest BCUT2D eigenvalue weighted by atomic mass is 10.4. The lowest BCUT2D eigenvalue weighted by Gasteiger charge is -2.05. The fourth-order valence-corrected chi connectivity index (χ4v) is 1.10. The van der Waals surface area contributed by atoms with Gasteiger partial charge in [0.05, 0.1) is 6.54 Å². The first kappa shape index (κ1) is 12.4. The van der Waals surface area contributed by atoms with Crippen molar-refractivity contribution in [2.24, 2.45) is 0 Å². The first-order valence-corrected chi connectivity index (χ1v) is 5.17. The topological polar surface area (TPSA) is 106 Å². The second kappa shape index (κ2) is 6.06. The van der Waals surface area contributed by atoms with Gasteiger partial charge in [0, 0.05) is 6.54 Å². The third-order valence-corrected chi connectivity index (χ3v) is 1.77. The van der Waals surface area contributed by atoms with Crippen molar-refractivity contribution in [2.45, 2.75) is 13.3 Å². The molecule has 1 aromatic rings. The molecule has 0 saturated carbocycles. The highest BCUT2D eigenvalue weighted by Crippen LogP contribution is 2.05. The molecule has 0 atom stereocenters. The third-order valence-electron chi connectivity index (χ3n) is 1.60. The highest BCUT2D eigenvalue weighted by atomic mass is 35.5. The zero-order valence-electron chi connectivity index (χ0n) is 8.83. The van der Waals surface area contributed by atoms with Gasteiger partial charge in [-0.25, -0.2) is 0 Å². The van der Waals surface area contributed by atoms with E-state index in [-0.39, 0.29) is 29.6 Å². The summed E-state index contributed by atoms with van der Waals surface area (Å²) in [7, 11) is 0. The maximum Gasteiger partial charge on any atom is 0.239 e. The van der Waals surface area contributed by atoms with Crippen molar-refractivity contribution >= 4 is 29.4 Å². The Balaban J connectivity index is 2.45. The highest BCUT2D eigenvalue weighted by molar-refractivity contribution is 6.28. The van der Waals surface area contributed by atoms with Crippen LogP contribution in [0.1, 0.15) is 13.3 Å². The lowest BCUT2D eigenvalue weighted by Crippen LogP contribution is -2.30. The molecule has 0 radical (unpaired) electrons. The van der Waals surface area contributed by atoms with Crippen molar-refractivity contribution in [3.05, 3.63) is 5.28 Å². The maximum atomic E-state index is 11.2. The van der Waals surface area contributed by atoms with Gasteiger partial charge in [0.2, 0.25) is 23.1 Å². The van der Waals surface area contributed by atoms with Crippen LogP contribution >= 0.6 is 11.6 Å². The Labute approximate surface area is 97.8 Å². The van der Waals surface area contributed by atoms with E-state index in [2.05, 4.69) is 25.6 Å². The van der Waals surface area contributed by atoms with Crippen LogP contribution in [0.4, 0.5) is 11.9 Å². The van der Waals surface area contributed by atoms with Crippen LogP contribution in [-0.2, 0) is 4.79 Å². The van der Waals surface area contributed by atoms with Crippen LogP contribution in [-0.4, -0.2) is 33.9 Å². The van der Waals surface area contributed by atoms with E-state index in [1.54, 1.807) is 0 Å². The molecule has 0 spiro atoms. The number of halogens is 1. The smallest absolute Gasteiger partial charge is 0.239 e. The Morgan fingerprint density at radius 1 is 1.44 bits per heavy atom. The molecular formula is C8H13ClN6O. The fourth-order valence-electron chi connectivity index (χ4n) is 0.931. The number of hydrogen-bond donors (Lipinski definition) is 3. The minimum atomic E-state index is -0.142. The number of nitrogens with one attached hydrogen (secondary N) is 2. The van der Waals surface area contributed by atoms with Gasteiger partial charge in [0.15, 0.2) is 0 Å². The van der Waals surface area contributed by atoms with E-state index in [4.69, 9.17) is 17.3 Å². The van der Waals surface area contributed by atoms with Crippen LogP contribution in [0.3, 0.4) is 0 Å². The molecule has 0 fully saturated rings. The molecule has 1 rings (SSSR count). The number of rotatable bonds is 5. The summed E-state index contributed by atoms with van der Waals surface area (Å²) in [5.41, 5.74) is 5.36. The number of carbonyl (C=O) groups is 1. The van der Waals surface area contributed by atoms with E-state index in [1.807, 2.05) is 6.92 Å². The minimum Gasteiger partial charge on any atom is -0.368 e. The molecule has 0 saturated heterocycles. The number of nitrogen functional groups attached to an aromatic ring is 1. The number of nitrogens with zero attached hydrogens (tertiary/aromatic N) is 3. The Bertz CT molecular complexity index is 351. The van der Waals surface area contributed by atoms with Crippen LogP contribution < -0.4 is 16.4 Å². The Hall–Kier alpha value is -1.63. The molecule has 16 heavy (non-hydrogen) atoms. The Morgan fingerprint density at radius 3 is 2.81 bits per heavy atom. The van der Waals surface area contributed by atoms with Gasteiger partial charge in [0.1, 0.15) is 0 Å². The van der Waals surface area contributed by atoms with Crippen molar-refractivity contribution in [1.82, 2.24) is 20.3 Å². The van der Waals surface area contributed by atoms with Crippen LogP contribution in [0.15, 0.2) is 0 Å². The number of amides is 1. The summed E-state index contributed by atoms with van der Waals surface area (Å²) in [6.07, 6.45) is 0.885. The molecule has 4 N–H and O–H groups in total. The first-order chi connectivity index (χ1) is 7.61. The third kappa shape index (κ3) is 4.26. The van der Waals surface area contributed by atoms with Crippen LogP contribution in [0.25, 0.3) is 0 Å². The molecule has 0 aliphatic carbocycles. The van der Waals surface area contributed by atoms with Crippen molar-refractivity contribution in [3.63, 3.8) is 0 Å². The van der Waals surface area contributed by atoms with E-state index in [9.17, 15) is 4.79 Å². The normalized spacial score (nSPS) is 9.88. The lowest BCUT2D eigenvalue weighted by molar-refractivity contribution is -0.119. The van der Waals surface area contributed by atoms with Gasteiger partial charge in [-0.05, 0) is 18.0 Å². The second-order valence-electron chi connectivity index (χ2n) is 2.99. The first-order valence-electron chi connectivity index (χ1n) is 4.79. The number of carbonyl (C=O) groups excluding carboxylic acids is 1. The predicted molar refractivity (Wildman–Crippen MR) is 61.0 cm³/mol. The van der Waals surface area contributed by atoms with Crippen molar-refractivity contribution in [2.75, 3.05) is 24.1 Å². The quantitative estimate of drug-likeness (QED) is 0.676. The van der Waals surface area contributed by atoms with E-state index in [0.717, 1.165) is 6.42 Å². The van der Waals surface area contributed by atoms with Crippen molar-refractivity contribution in [3.8, 4) is 0 Å². The summed E-state index contributed by atoms with van der Waals surface area (Å²) in [6, 6.07) is 0. The molecule has 0 aliphatic heterocycles. The zero-order valence-corrected chi connectivity index (χ0v) is 9.58. The predicted octanol–water partition coefficient (Wildman–Crippen LogP) is 0.0453. The van der Waals surface area contributed by atoms with Gasteiger partial charge in [-0.3, -0.25) is 4.79 Å². The number of aromatic nitrogens is 3. The van der Waals surface area contributed by atoms with Gasteiger partial charge in [-0.1, -0.05) is 6.92 Å². The summed E-state index contributed by atoms with van der Waals surface area (Å²) in [6.45, 7) is 2.68. The Kier molecular flexibility index (Phi) is 4.71. The summed E-state index contributed by atoms with van der Waals surface area (Å²) >= 11 is 5.57. The summed E-state index contributed by atoms with van der Waals surface area (Å²) in [5, 5.41) is 5.38. The summed E-state index contributed by atoms with van der Waals surface area (Å²) in [4.78, 5) is 22.4. The molecule has 8 heteroatoms. The van der Waals surface area contributed by atoms with Crippen molar-refractivity contribution < 1.29 is 4.79 Å². The minimum absolute atomic E-state index is 0.0102. The fraction of sp³-hybridized carbons (Fsp3) is 0.500. The number of hydrogen-bond acceptors (Lipinski definition) is 6. The average molecular weight is 245 g/mol. The van der Waals surface area contributed by atoms with Gasteiger partial charge in [-0.2, -0.15) is 15.0 Å². The van der Waals surface area contributed by atoms with Gasteiger partial charge < -0.3 is 16.4 Å². The second-order valence-corrected chi connectivity index (χ2v) is 3.33. The van der Waals surface area contributed by atoms with Crippen LogP contribution in [0, 0.1) is 0 Å². The average Bonchev–Trinajstić information content (AvgIpc) is 2.22. The molecular weight excluding hydrogens is 232 g/mol. The molecule has 88 valence electrons. The number of anilines is 2. The van der Waals surface area contributed by atoms with Crippen molar-refractivity contribution in [1.29, 1.82) is 0 Å². The monoisotopic (exact) mass is 244 g/mol. The molecule has 7 nitrogen and oxygen atoms in total. The van der Waals surface area contributed by atoms with Crippen LogP contribution in [0.5, 0.6) is 0 Å². The largest absolute Gasteiger partial charge is 0.368 e. The van der Waals surface area contributed by atoms with Gasteiger partial charge >= 0.3 is 0 Å². The molecule has 1 aromatic heterocycles. The van der Waals surface area contributed by atoms with E-state index < -0.39 is 0 Å². The molecule has 0 aromatic carbocycles. The summed E-state index contributed by atoms with van der Waals surface area (Å²) < 4.78 is 0. The van der Waals surface area contributed by atoms with Crippen LogP contribution in [0.2, 0.25) is 5.28 Å². The molecule has 1 amide bonds. The molecule has 1 heterocycles. The highest BCUT2D eigenvalue weighted by Gasteiger charge is 2.04. The molecule has 0 unspecified atom stereocenters. The van der Waals surface area contributed by atoms with E-state index >= 15 is 0 Å². The zero-order chi connectivity index (χ0) is 12.0. The summed E-state index contributed by atoms with van der Waals surface area (Å²) in [5.74, 6) is 0.0533. The Morgan fingerprint density at radius 2 is 2.19 bits per heavy atom. The molecule has 0 aliphatic rings. The SMILES string of the molecule is CCCNC(=O)CNc1nc(N)nc(Cl)n1. The number of nitrogens with two attached hydrogens (primary N) is 1. The van der Waals surface area contributed by atoms with Gasteiger partial charge in [0.25, 0.3) is 0 Å². The molecule has 0 bridgehead atoms.